The highest BCUT2D eigenvalue weighted by Crippen LogP contribution is 2.38. The quantitative estimate of drug-likeness (QED) is 0.282. The highest BCUT2D eigenvalue weighted by Gasteiger charge is 2.35. The fourth-order valence-corrected chi connectivity index (χ4v) is 5.38. The summed E-state index contributed by atoms with van der Waals surface area (Å²) in [5, 5.41) is 0. The van der Waals surface area contributed by atoms with Gasteiger partial charge in [0.1, 0.15) is 24.1 Å². The van der Waals surface area contributed by atoms with Crippen molar-refractivity contribution >= 4 is 23.4 Å². The first-order valence-corrected chi connectivity index (χ1v) is 13.0. The summed E-state index contributed by atoms with van der Waals surface area (Å²) in [7, 11) is 4.63. The van der Waals surface area contributed by atoms with Crippen LogP contribution < -0.4 is 33.8 Å². The van der Waals surface area contributed by atoms with Crippen LogP contribution in [0.4, 0.5) is 0 Å². The summed E-state index contributed by atoms with van der Waals surface area (Å²) in [6, 6.07) is 9.80. The number of carbonyl (C=O) groups is 1. The molecule has 10 heteroatoms. The lowest BCUT2D eigenvalue weighted by Gasteiger charge is -2.26. The first kappa shape index (κ1) is 27.7. The zero-order chi connectivity index (χ0) is 28.1. The van der Waals surface area contributed by atoms with Gasteiger partial charge in [-0.1, -0.05) is 30.1 Å². The zero-order valence-corrected chi connectivity index (χ0v) is 23.3. The van der Waals surface area contributed by atoms with Crippen LogP contribution in [0.2, 0.25) is 0 Å². The topological polar surface area (TPSA) is 97.6 Å². The minimum Gasteiger partial charge on any atom is -0.497 e. The second-order valence-electron chi connectivity index (χ2n) is 8.42. The van der Waals surface area contributed by atoms with E-state index in [2.05, 4.69) is 11.6 Å². The fourth-order valence-electron chi connectivity index (χ4n) is 4.33. The molecule has 0 saturated carbocycles. The molecule has 39 heavy (non-hydrogen) atoms. The standard InChI is InChI=1S/C29H30N2O7S/c1-7-13-38-22-11-9-18(14-23(22)36-6)15-24-27(32)31-26(20-16-19(34-4)10-12-21(20)35-5)25(28(33)37-8-2)17(3)30-29(31)39-24/h7,9-12,14-16,26H,1,8,13H2,2-6H3/b24-15-/t26-/m0/s1. The molecule has 2 heterocycles. The molecule has 1 aromatic heterocycles. The lowest BCUT2D eigenvalue weighted by molar-refractivity contribution is -0.139. The molecule has 9 nitrogen and oxygen atoms in total. The van der Waals surface area contributed by atoms with Gasteiger partial charge in [0.15, 0.2) is 16.3 Å². The van der Waals surface area contributed by atoms with Crippen LogP contribution in [0.15, 0.2) is 70.1 Å². The molecule has 0 N–H and O–H groups in total. The highest BCUT2D eigenvalue weighted by molar-refractivity contribution is 7.07. The smallest absolute Gasteiger partial charge is 0.338 e. The van der Waals surface area contributed by atoms with Crippen LogP contribution in [0.5, 0.6) is 23.0 Å². The number of fused-ring (bicyclic) bond motifs is 1. The number of hydrogen-bond acceptors (Lipinski definition) is 9. The zero-order valence-electron chi connectivity index (χ0n) is 22.5. The first-order chi connectivity index (χ1) is 18.9. The molecule has 2 aromatic carbocycles. The highest BCUT2D eigenvalue weighted by atomic mass is 32.1. The van der Waals surface area contributed by atoms with E-state index in [4.69, 9.17) is 23.7 Å². The number of benzene rings is 2. The number of methoxy groups -OCH3 is 3. The van der Waals surface area contributed by atoms with E-state index in [-0.39, 0.29) is 17.7 Å². The Morgan fingerprint density at radius 1 is 1.08 bits per heavy atom. The monoisotopic (exact) mass is 550 g/mol. The normalized spacial score (nSPS) is 14.8. The Morgan fingerprint density at radius 2 is 1.82 bits per heavy atom. The number of thiazole rings is 1. The van der Waals surface area contributed by atoms with Crippen LogP contribution in [-0.2, 0) is 9.53 Å². The SMILES string of the molecule is C=CCOc1ccc(/C=c2\sc3n(c2=O)[C@@H](c2cc(OC)ccc2OC)C(C(=O)OCC)=C(C)N=3)cc1OC. The Kier molecular flexibility index (Phi) is 8.55. The molecular weight excluding hydrogens is 520 g/mol. The fraction of sp³-hybridized carbons (Fsp3) is 0.276. The Hall–Kier alpha value is -4.31. The maximum Gasteiger partial charge on any atom is 0.338 e. The van der Waals surface area contributed by atoms with Gasteiger partial charge in [0.05, 0.1) is 43.7 Å². The van der Waals surface area contributed by atoms with Gasteiger partial charge in [-0.25, -0.2) is 9.79 Å². The van der Waals surface area contributed by atoms with Gasteiger partial charge in [-0.15, -0.1) is 0 Å². The van der Waals surface area contributed by atoms with Crippen molar-refractivity contribution in [2.75, 3.05) is 34.5 Å². The predicted molar refractivity (Wildman–Crippen MR) is 149 cm³/mol. The van der Waals surface area contributed by atoms with Gasteiger partial charge < -0.3 is 23.7 Å². The van der Waals surface area contributed by atoms with Crippen LogP contribution in [0.1, 0.15) is 31.0 Å². The van der Waals surface area contributed by atoms with Crippen LogP contribution in [0.25, 0.3) is 6.08 Å². The molecule has 204 valence electrons. The molecule has 1 aliphatic heterocycles. The van der Waals surface area contributed by atoms with Crippen molar-refractivity contribution < 1.29 is 28.5 Å². The van der Waals surface area contributed by atoms with Crippen molar-refractivity contribution in [2.24, 2.45) is 4.99 Å². The van der Waals surface area contributed by atoms with Gasteiger partial charge >= 0.3 is 5.97 Å². The van der Waals surface area contributed by atoms with E-state index < -0.39 is 12.0 Å². The van der Waals surface area contributed by atoms with Gasteiger partial charge in [-0.2, -0.15) is 0 Å². The maximum absolute atomic E-state index is 13.9. The summed E-state index contributed by atoms with van der Waals surface area (Å²) in [4.78, 5) is 32.2. The van der Waals surface area contributed by atoms with Crippen LogP contribution in [0, 0.1) is 0 Å². The minimum absolute atomic E-state index is 0.177. The van der Waals surface area contributed by atoms with Gasteiger partial charge in [0.2, 0.25) is 0 Å². The van der Waals surface area contributed by atoms with Gasteiger partial charge in [-0.05, 0) is 55.8 Å². The molecular formula is C29H30N2O7S. The summed E-state index contributed by atoms with van der Waals surface area (Å²) in [6.07, 6.45) is 3.40. The van der Waals surface area contributed by atoms with Crippen molar-refractivity contribution in [3.05, 3.63) is 91.1 Å². The number of hydrogen-bond donors (Lipinski definition) is 0. The number of nitrogens with zero attached hydrogens (tertiary/aromatic N) is 2. The lowest BCUT2D eigenvalue weighted by Crippen LogP contribution is -2.40. The van der Waals surface area contributed by atoms with Gasteiger partial charge in [-0.3, -0.25) is 9.36 Å². The summed E-state index contributed by atoms with van der Waals surface area (Å²) in [5.74, 6) is 1.58. The maximum atomic E-state index is 13.9. The molecule has 0 radical (unpaired) electrons. The largest absolute Gasteiger partial charge is 0.497 e. The molecule has 0 aliphatic carbocycles. The average molecular weight is 551 g/mol. The third kappa shape index (κ3) is 5.46. The molecule has 0 spiro atoms. The van der Waals surface area contributed by atoms with Crippen LogP contribution >= 0.6 is 11.3 Å². The van der Waals surface area contributed by atoms with E-state index in [0.717, 1.165) is 5.56 Å². The molecule has 0 unspecified atom stereocenters. The lowest BCUT2D eigenvalue weighted by atomic mass is 9.94. The number of ether oxygens (including phenoxy) is 5. The second-order valence-corrected chi connectivity index (χ2v) is 9.43. The molecule has 1 atom stereocenters. The van der Waals surface area contributed by atoms with E-state index in [1.54, 1.807) is 70.6 Å². The minimum atomic E-state index is -0.836. The van der Waals surface area contributed by atoms with E-state index in [0.29, 0.717) is 50.2 Å². The predicted octanol–water partition coefficient (Wildman–Crippen LogP) is 3.39. The summed E-state index contributed by atoms with van der Waals surface area (Å²) < 4.78 is 29.5. The summed E-state index contributed by atoms with van der Waals surface area (Å²) in [6.45, 7) is 7.64. The van der Waals surface area contributed by atoms with Gasteiger partial charge in [0, 0.05) is 5.56 Å². The number of aromatic nitrogens is 1. The summed E-state index contributed by atoms with van der Waals surface area (Å²) in [5.41, 5.74) is 1.72. The number of esters is 1. The second kappa shape index (κ2) is 12.0. The van der Waals surface area contributed by atoms with Crippen molar-refractivity contribution in [3.8, 4) is 23.0 Å². The third-order valence-electron chi connectivity index (χ3n) is 6.09. The molecule has 0 bridgehead atoms. The molecule has 3 aromatic rings. The van der Waals surface area contributed by atoms with E-state index >= 15 is 0 Å². The molecule has 1 aliphatic rings. The molecule has 0 amide bonds. The van der Waals surface area contributed by atoms with Crippen molar-refractivity contribution in [2.45, 2.75) is 19.9 Å². The summed E-state index contributed by atoms with van der Waals surface area (Å²) >= 11 is 1.23. The van der Waals surface area contributed by atoms with E-state index in [9.17, 15) is 9.59 Å². The van der Waals surface area contributed by atoms with Crippen LogP contribution in [0.3, 0.4) is 0 Å². The Labute approximate surface area is 229 Å². The molecule has 4 rings (SSSR count). The van der Waals surface area contributed by atoms with E-state index in [1.165, 1.54) is 23.0 Å². The van der Waals surface area contributed by atoms with E-state index in [1.807, 2.05) is 6.07 Å². The first-order valence-electron chi connectivity index (χ1n) is 12.2. The van der Waals surface area contributed by atoms with Crippen molar-refractivity contribution in [1.29, 1.82) is 0 Å². The Morgan fingerprint density at radius 3 is 2.49 bits per heavy atom. The third-order valence-corrected chi connectivity index (χ3v) is 7.07. The Balaban J connectivity index is 1.94. The average Bonchev–Trinajstić information content (AvgIpc) is 3.24. The van der Waals surface area contributed by atoms with Crippen molar-refractivity contribution in [3.63, 3.8) is 0 Å². The molecule has 0 fully saturated rings. The van der Waals surface area contributed by atoms with Gasteiger partial charge in [0.25, 0.3) is 5.56 Å². The Bertz CT molecular complexity index is 1620. The number of carbonyl (C=O) groups excluding carboxylic acids is 1. The van der Waals surface area contributed by atoms with Crippen LogP contribution in [-0.4, -0.2) is 45.1 Å². The molecule has 0 saturated heterocycles. The number of rotatable bonds is 10. The number of allylic oxidation sites excluding steroid dienone is 1. The van der Waals surface area contributed by atoms with Crippen molar-refractivity contribution in [1.82, 2.24) is 4.57 Å².